The summed E-state index contributed by atoms with van der Waals surface area (Å²) in [4.78, 5) is 24.0. The summed E-state index contributed by atoms with van der Waals surface area (Å²) in [5, 5.41) is 7.30. The maximum absolute atomic E-state index is 11.9. The molecule has 0 bridgehead atoms. The predicted molar refractivity (Wildman–Crippen MR) is 86.3 cm³/mol. The molecule has 0 spiro atoms. The van der Waals surface area contributed by atoms with Crippen LogP contribution in [-0.2, 0) is 6.54 Å². The van der Waals surface area contributed by atoms with Crippen molar-refractivity contribution in [1.82, 2.24) is 19.7 Å². The molecule has 3 aromatic heterocycles. The van der Waals surface area contributed by atoms with Gasteiger partial charge >= 0.3 is 0 Å². The van der Waals surface area contributed by atoms with Crippen molar-refractivity contribution in [2.24, 2.45) is 0 Å². The van der Waals surface area contributed by atoms with Crippen LogP contribution in [0.5, 0.6) is 0 Å². The second-order valence-electron chi connectivity index (χ2n) is 5.37. The van der Waals surface area contributed by atoms with Crippen molar-refractivity contribution < 1.29 is 0 Å². The molecule has 6 nitrogen and oxygen atoms in total. The van der Waals surface area contributed by atoms with Crippen LogP contribution in [-0.4, -0.2) is 32.3 Å². The summed E-state index contributed by atoms with van der Waals surface area (Å²) in [7, 11) is 0. The van der Waals surface area contributed by atoms with E-state index in [9.17, 15) is 4.79 Å². The Morgan fingerprint density at radius 3 is 3.18 bits per heavy atom. The van der Waals surface area contributed by atoms with Gasteiger partial charge in [-0.2, -0.15) is 5.10 Å². The van der Waals surface area contributed by atoms with Gasteiger partial charge in [0.2, 0.25) is 0 Å². The molecule has 22 heavy (non-hydrogen) atoms. The van der Waals surface area contributed by atoms with E-state index < -0.39 is 0 Å². The van der Waals surface area contributed by atoms with Crippen LogP contribution >= 0.6 is 11.3 Å². The smallest absolute Gasteiger partial charge is 0.266 e. The molecule has 1 saturated heterocycles. The number of anilines is 1. The van der Waals surface area contributed by atoms with E-state index in [0.717, 1.165) is 35.4 Å². The van der Waals surface area contributed by atoms with Crippen LogP contribution in [0.15, 0.2) is 40.9 Å². The molecule has 1 fully saturated rings. The number of hydrogen-bond donors (Lipinski definition) is 0. The van der Waals surface area contributed by atoms with Crippen molar-refractivity contribution in [2.45, 2.75) is 25.4 Å². The van der Waals surface area contributed by atoms with Crippen molar-refractivity contribution in [2.75, 3.05) is 11.4 Å². The number of aromatic nitrogens is 4. The third-order valence-corrected chi connectivity index (χ3v) is 4.88. The molecule has 0 aromatic carbocycles. The SMILES string of the molecule is O=c1cccnn1CC1CCCN1c1ncnc2sccc12. The largest absolute Gasteiger partial charge is 0.351 e. The monoisotopic (exact) mass is 313 g/mol. The Kier molecular flexibility index (Phi) is 3.34. The van der Waals surface area contributed by atoms with Crippen molar-refractivity contribution in [3.05, 3.63) is 46.5 Å². The Bertz CT molecular complexity index is 858. The van der Waals surface area contributed by atoms with E-state index in [1.807, 2.05) is 5.38 Å². The molecular weight excluding hydrogens is 298 g/mol. The second kappa shape index (κ2) is 5.49. The Morgan fingerprint density at radius 1 is 1.32 bits per heavy atom. The lowest BCUT2D eigenvalue weighted by Gasteiger charge is -2.26. The van der Waals surface area contributed by atoms with Gasteiger partial charge in [-0.25, -0.2) is 14.6 Å². The van der Waals surface area contributed by atoms with E-state index >= 15 is 0 Å². The van der Waals surface area contributed by atoms with Gasteiger partial charge < -0.3 is 4.90 Å². The Balaban J connectivity index is 1.68. The normalized spacial score (nSPS) is 18.2. The van der Waals surface area contributed by atoms with Crippen molar-refractivity contribution in [3.63, 3.8) is 0 Å². The summed E-state index contributed by atoms with van der Waals surface area (Å²) in [5.41, 5.74) is -0.0577. The fraction of sp³-hybridized carbons (Fsp3) is 0.333. The average Bonchev–Trinajstić information content (AvgIpc) is 3.18. The second-order valence-corrected chi connectivity index (χ2v) is 6.26. The van der Waals surface area contributed by atoms with Crippen LogP contribution < -0.4 is 10.5 Å². The summed E-state index contributed by atoms with van der Waals surface area (Å²) < 4.78 is 1.54. The first-order chi connectivity index (χ1) is 10.8. The van der Waals surface area contributed by atoms with E-state index in [1.54, 1.807) is 36.0 Å². The highest BCUT2D eigenvalue weighted by molar-refractivity contribution is 7.16. The molecule has 0 aliphatic carbocycles. The Labute approximate surface area is 131 Å². The average molecular weight is 313 g/mol. The lowest BCUT2D eigenvalue weighted by atomic mass is 10.2. The zero-order chi connectivity index (χ0) is 14.9. The molecule has 0 N–H and O–H groups in total. The van der Waals surface area contributed by atoms with Gasteiger partial charge in [0.15, 0.2) is 0 Å². The van der Waals surface area contributed by atoms with E-state index in [2.05, 4.69) is 26.0 Å². The van der Waals surface area contributed by atoms with Crippen molar-refractivity contribution in [3.8, 4) is 0 Å². The number of nitrogens with zero attached hydrogens (tertiary/aromatic N) is 5. The molecule has 1 aliphatic heterocycles. The van der Waals surface area contributed by atoms with Crippen molar-refractivity contribution >= 4 is 27.4 Å². The lowest BCUT2D eigenvalue weighted by molar-refractivity contribution is 0.487. The summed E-state index contributed by atoms with van der Waals surface area (Å²) in [6.07, 6.45) is 5.42. The van der Waals surface area contributed by atoms with Gasteiger partial charge in [-0.3, -0.25) is 4.79 Å². The minimum absolute atomic E-state index is 0.0577. The highest BCUT2D eigenvalue weighted by atomic mass is 32.1. The van der Waals surface area contributed by atoms with Crippen LogP contribution in [0.4, 0.5) is 5.82 Å². The van der Waals surface area contributed by atoms with Gasteiger partial charge in [-0.15, -0.1) is 11.3 Å². The summed E-state index contributed by atoms with van der Waals surface area (Å²) in [5.74, 6) is 0.970. The molecule has 4 rings (SSSR count). The first-order valence-corrected chi connectivity index (χ1v) is 8.18. The third kappa shape index (κ3) is 2.27. The van der Waals surface area contributed by atoms with Gasteiger partial charge in [0.05, 0.1) is 18.0 Å². The maximum Gasteiger partial charge on any atom is 0.266 e. The van der Waals surface area contributed by atoms with Crippen LogP contribution in [0.3, 0.4) is 0 Å². The zero-order valence-corrected chi connectivity index (χ0v) is 12.7. The standard InChI is InChI=1S/C15H15N5OS/c21-13-4-1-6-18-20(13)9-11-3-2-7-19(11)14-12-5-8-22-15(12)17-10-16-14/h1,4-6,8,10-11H,2-3,7,9H2. The highest BCUT2D eigenvalue weighted by Gasteiger charge is 2.28. The summed E-state index contributed by atoms with van der Waals surface area (Å²) in [6, 6.07) is 5.53. The van der Waals surface area contributed by atoms with Gasteiger partial charge in [0.25, 0.3) is 5.56 Å². The number of hydrogen-bond acceptors (Lipinski definition) is 6. The van der Waals surface area contributed by atoms with Crippen molar-refractivity contribution in [1.29, 1.82) is 0 Å². The molecule has 0 amide bonds. The zero-order valence-electron chi connectivity index (χ0n) is 11.9. The van der Waals surface area contributed by atoms with Crippen LogP contribution in [0, 0.1) is 0 Å². The van der Waals surface area contributed by atoms with E-state index in [4.69, 9.17) is 0 Å². The molecule has 4 heterocycles. The summed E-state index contributed by atoms with van der Waals surface area (Å²) >= 11 is 1.62. The highest BCUT2D eigenvalue weighted by Crippen LogP contribution is 2.31. The third-order valence-electron chi connectivity index (χ3n) is 4.06. The topological polar surface area (TPSA) is 63.9 Å². The number of rotatable bonds is 3. The predicted octanol–water partition coefficient (Wildman–Crippen LogP) is 1.92. The molecule has 7 heteroatoms. The van der Waals surface area contributed by atoms with E-state index in [1.165, 1.54) is 4.68 Å². The molecule has 1 aliphatic rings. The minimum atomic E-state index is -0.0577. The van der Waals surface area contributed by atoms with Crippen LogP contribution in [0.1, 0.15) is 12.8 Å². The first-order valence-electron chi connectivity index (χ1n) is 7.30. The lowest BCUT2D eigenvalue weighted by Crippen LogP contribution is -2.37. The van der Waals surface area contributed by atoms with E-state index in [0.29, 0.717) is 6.54 Å². The molecule has 112 valence electrons. The molecule has 1 unspecified atom stereocenters. The number of fused-ring (bicyclic) bond motifs is 1. The van der Waals surface area contributed by atoms with Gasteiger partial charge in [0, 0.05) is 18.8 Å². The van der Waals surface area contributed by atoms with Crippen LogP contribution in [0.2, 0.25) is 0 Å². The Hall–Kier alpha value is -2.28. The van der Waals surface area contributed by atoms with Gasteiger partial charge in [-0.1, -0.05) is 0 Å². The fourth-order valence-corrected chi connectivity index (χ4v) is 3.76. The molecule has 1 atom stereocenters. The summed E-state index contributed by atoms with van der Waals surface area (Å²) in [6.45, 7) is 1.55. The fourth-order valence-electron chi connectivity index (χ4n) is 3.03. The van der Waals surface area contributed by atoms with E-state index in [-0.39, 0.29) is 11.6 Å². The minimum Gasteiger partial charge on any atom is -0.351 e. The van der Waals surface area contributed by atoms with Gasteiger partial charge in [-0.05, 0) is 30.4 Å². The van der Waals surface area contributed by atoms with Gasteiger partial charge in [0.1, 0.15) is 17.0 Å². The Morgan fingerprint density at radius 2 is 2.27 bits per heavy atom. The first kappa shape index (κ1) is 13.4. The molecule has 0 radical (unpaired) electrons. The molecular formula is C15H15N5OS. The molecule has 0 saturated carbocycles. The quantitative estimate of drug-likeness (QED) is 0.739. The van der Waals surface area contributed by atoms with Crippen LogP contribution in [0.25, 0.3) is 10.2 Å². The maximum atomic E-state index is 11.9. The number of thiophene rings is 1. The molecule has 3 aromatic rings.